The molecule has 4 aromatic rings. The summed E-state index contributed by atoms with van der Waals surface area (Å²) in [5, 5.41) is 3.07. The molecule has 0 aromatic heterocycles. The van der Waals surface area contributed by atoms with E-state index in [-0.39, 0.29) is 29.2 Å². The number of alkyl halides is 6. The van der Waals surface area contributed by atoms with Crippen molar-refractivity contribution >= 4 is 10.1 Å². The van der Waals surface area contributed by atoms with Crippen LogP contribution in [0.15, 0.2) is 102 Å². The van der Waals surface area contributed by atoms with Gasteiger partial charge in [0.05, 0.1) is 41.4 Å². The van der Waals surface area contributed by atoms with Crippen LogP contribution in [0.5, 0.6) is 0 Å². The Morgan fingerprint density at radius 1 is 0.800 bits per heavy atom. The summed E-state index contributed by atoms with van der Waals surface area (Å²) in [5.74, 6) is -0.550. The number of nitrogens with one attached hydrogen (secondary N) is 1. The van der Waals surface area contributed by atoms with Crippen LogP contribution in [0.25, 0.3) is 0 Å². The van der Waals surface area contributed by atoms with Gasteiger partial charge in [0.2, 0.25) is 0 Å². The summed E-state index contributed by atoms with van der Waals surface area (Å²) in [6.45, 7) is 4.45. The van der Waals surface area contributed by atoms with Gasteiger partial charge in [0.25, 0.3) is 10.1 Å². The number of rotatable bonds is 8. The van der Waals surface area contributed by atoms with Crippen LogP contribution in [0.3, 0.4) is 0 Å². The first-order valence-electron chi connectivity index (χ1n) is 15.1. The number of halogens is 7. The van der Waals surface area contributed by atoms with Gasteiger partial charge in [0.1, 0.15) is 12.0 Å². The Labute approximate surface area is 284 Å². The van der Waals surface area contributed by atoms with Crippen LogP contribution in [0.2, 0.25) is 0 Å². The number of hydrogen-bond donors (Lipinski definition) is 2. The van der Waals surface area contributed by atoms with Crippen LogP contribution in [-0.2, 0) is 42.4 Å². The lowest BCUT2D eigenvalue weighted by atomic mass is 9.99. The zero-order valence-corrected chi connectivity index (χ0v) is 27.7. The van der Waals surface area contributed by atoms with E-state index in [2.05, 4.69) is 5.32 Å². The summed E-state index contributed by atoms with van der Waals surface area (Å²) in [4.78, 5) is -0.0666. The number of aryl methyl sites for hydroxylation is 1. The molecule has 5 rings (SSSR count). The minimum absolute atomic E-state index is 0.0666. The lowest BCUT2D eigenvalue weighted by Gasteiger charge is -2.44. The molecule has 0 amide bonds. The monoisotopic (exact) mass is 729 g/mol. The van der Waals surface area contributed by atoms with Gasteiger partial charge < -0.3 is 14.2 Å². The van der Waals surface area contributed by atoms with E-state index >= 15 is 0 Å². The Morgan fingerprint density at radius 3 is 1.80 bits per heavy atom. The zero-order valence-electron chi connectivity index (χ0n) is 26.9. The van der Waals surface area contributed by atoms with E-state index in [0.29, 0.717) is 5.56 Å². The van der Waals surface area contributed by atoms with Gasteiger partial charge in [0.15, 0.2) is 5.72 Å². The minimum atomic E-state index is -4.64. The number of benzene rings is 4. The second-order valence-electron chi connectivity index (χ2n) is 11.5. The van der Waals surface area contributed by atoms with Crippen molar-refractivity contribution in [1.82, 2.24) is 5.32 Å². The third-order valence-corrected chi connectivity index (χ3v) is 8.62. The first kappa shape index (κ1) is 38.9. The molecule has 1 saturated heterocycles. The van der Waals surface area contributed by atoms with Gasteiger partial charge in [-0.2, -0.15) is 34.8 Å². The van der Waals surface area contributed by atoms with Gasteiger partial charge in [0, 0.05) is 5.56 Å². The van der Waals surface area contributed by atoms with E-state index < -0.39 is 63.6 Å². The van der Waals surface area contributed by atoms with Crippen molar-refractivity contribution in [2.75, 3.05) is 13.2 Å². The molecule has 1 aliphatic heterocycles. The summed E-state index contributed by atoms with van der Waals surface area (Å²) in [6.07, 6.45) is -12.4. The highest BCUT2D eigenvalue weighted by Crippen LogP contribution is 2.40. The minimum Gasteiger partial charge on any atom is -0.372 e. The van der Waals surface area contributed by atoms with Gasteiger partial charge in [-0.15, -0.1) is 0 Å². The van der Waals surface area contributed by atoms with Crippen LogP contribution in [-0.4, -0.2) is 32.4 Å². The molecule has 270 valence electrons. The number of ether oxygens (including phenoxy) is 3. The van der Waals surface area contributed by atoms with Crippen molar-refractivity contribution in [3.05, 3.63) is 136 Å². The molecule has 1 aliphatic rings. The molecule has 0 saturated carbocycles. The van der Waals surface area contributed by atoms with Gasteiger partial charge in [-0.05, 0) is 68.3 Å². The fraction of sp³-hybridized carbons (Fsp3) is 0.314. The maximum absolute atomic E-state index is 13.7. The van der Waals surface area contributed by atoms with Crippen molar-refractivity contribution in [2.45, 2.75) is 62.2 Å². The number of hydrogen-bond acceptors (Lipinski definition) is 6. The Kier molecular flexibility index (Phi) is 12.1. The lowest BCUT2D eigenvalue weighted by molar-refractivity contribution is -0.230. The Bertz CT molecular complexity index is 1830. The lowest BCUT2D eigenvalue weighted by Crippen LogP contribution is -2.59. The highest BCUT2D eigenvalue weighted by atomic mass is 32.2. The van der Waals surface area contributed by atoms with Crippen molar-refractivity contribution in [1.29, 1.82) is 0 Å². The molecule has 50 heavy (non-hydrogen) atoms. The quantitative estimate of drug-likeness (QED) is 0.138. The van der Waals surface area contributed by atoms with E-state index in [9.17, 15) is 39.2 Å². The molecule has 4 unspecified atom stereocenters. The number of morpholine rings is 1. The third-order valence-electron chi connectivity index (χ3n) is 7.75. The fourth-order valence-electron chi connectivity index (χ4n) is 5.36. The van der Waals surface area contributed by atoms with E-state index in [4.69, 9.17) is 18.8 Å². The molecule has 0 radical (unpaired) electrons. The Balaban J connectivity index is 0.000000435. The van der Waals surface area contributed by atoms with Crippen LogP contribution < -0.4 is 5.32 Å². The molecule has 0 spiro atoms. The topological polar surface area (TPSA) is 94.1 Å². The molecule has 7 nitrogen and oxygen atoms in total. The SMILES string of the molecule is CC(OC1COCC(OC(C)c2ccccc2C(F)(F)F)(c2ccc(F)cc2)N1)c1ccccc1C(F)(F)F.Cc1ccc(S(=O)(=O)O)cc1. The average molecular weight is 730 g/mol. The molecule has 1 heterocycles. The Hall–Kier alpha value is -3.86. The molecule has 15 heteroatoms. The van der Waals surface area contributed by atoms with Crippen LogP contribution in [0.4, 0.5) is 30.7 Å². The largest absolute Gasteiger partial charge is 0.416 e. The average Bonchev–Trinajstić information content (AvgIpc) is 3.04. The van der Waals surface area contributed by atoms with Crippen LogP contribution in [0.1, 0.15) is 59.4 Å². The van der Waals surface area contributed by atoms with Crippen LogP contribution >= 0.6 is 0 Å². The second-order valence-corrected chi connectivity index (χ2v) is 12.9. The van der Waals surface area contributed by atoms with E-state index in [1.54, 1.807) is 12.1 Å². The van der Waals surface area contributed by atoms with Crippen LogP contribution in [0, 0.1) is 12.7 Å². The summed E-state index contributed by atoms with van der Waals surface area (Å²) in [5.41, 5.74) is -2.30. The summed E-state index contributed by atoms with van der Waals surface area (Å²) in [7, 11) is -4.02. The second kappa shape index (κ2) is 15.6. The van der Waals surface area contributed by atoms with Gasteiger partial charge in [-0.3, -0.25) is 9.87 Å². The van der Waals surface area contributed by atoms with Crippen molar-refractivity contribution in [3.63, 3.8) is 0 Å². The van der Waals surface area contributed by atoms with Gasteiger partial charge >= 0.3 is 12.4 Å². The maximum Gasteiger partial charge on any atom is 0.416 e. The smallest absolute Gasteiger partial charge is 0.372 e. The predicted octanol–water partition coefficient (Wildman–Crippen LogP) is 8.76. The molecule has 1 fully saturated rings. The highest BCUT2D eigenvalue weighted by Gasteiger charge is 2.44. The van der Waals surface area contributed by atoms with E-state index in [0.717, 1.165) is 29.8 Å². The zero-order chi connectivity index (χ0) is 36.9. The highest BCUT2D eigenvalue weighted by molar-refractivity contribution is 7.85. The maximum atomic E-state index is 13.7. The first-order valence-corrected chi connectivity index (χ1v) is 16.6. The molecule has 0 bridgehead atoms. The summed E-state index contributed by atoms with van der Waals surface area (Å²) < 4.78 is 143. The molecule has 4 aromatic carbocycles. The summed E-state index contributed by atoms with van der Waals surface area (Å²) in [6, 6.07) is 21.0. The molecule has 0 aliphatic carbocycles. The third kappa shape index (κ3) is 9.89. The van der Waals surface area contributed by atoms with E-state index in [1.165, 1.54) is 74.5 Å². The van der Waals surface area contributed by atoms with Crippen molar-refractivity contribution in [2.24, 2.45) is 0 Å². The fourth-order valence-corrected chi connectivity index (χ4v) is 5.84. The standard InChI is InChI=1S/C28H26F7NO3.C7H8O3S/c1-17(21-7-3-5-9-23(21)27(30,31)32)38-25-15-37-16-26(36-25,19-11-13-20(29)14-12-19)39-18(2)22-8-4-6-10-24(22)28(33,34)35;1-6-2-4-7(5-3-6)11(8,9)10/h3-14,17-18,25,36H,15-16H2,1-2H3;2-5H,1H3,(H,8,9,10). The van der Waals surface area contributed by atoms with E-state index in [1.807, 2.05) is 6.92 Å². The van der Waals surface area contributed by atoms with Gasteiger partial charge in [-0.1, -0.05) is 66.2 Å². The van der Waals surface area contributed by atoms with Crippen molar-refractivity contribution in [3.8, 4) is 0 Å². The molecule has 4 atom stereocenters. The molecular weight excluding hydrogens is 695 g/mol. The molecular formula is C35H34F7NO6S. The first-order chi connectivity index (χ1) is 23.3. The van der Waals surface area contributed by atoms with Crippen molar-refractivity contribution < 1.29 is 57.9 Å². The normalized spacial score (nSPS) is 19.6. The van der Waals surface area contributed by atoms with Gasteiger partial charge in [-0.25, -0.2) is 4.39 Å². The Morgan fingerprint density at radius 2 is 1.30 bits per heavy atom. The summed E-state index contributed by atoms with van der Waals surface area (Å²) >= 11 is 0. The predicted molar refractivity (Wildman–Crippen MR) is 169 cm³/mol. The molecule has 2 N–H and O–H groups in total.